The van der Waals surface area contributed by atoms with Gasteiger partial charge in [0.15, 0.2) is 0 Å². The molecule has 0 aliphatic heterocycles. The van der Waals surface area contributed by atoms with Gasteiger partial charge >= 0.3 is 5.97 Å². The summed E-state index contributed by atoms with van der Waals surface area (Å²) in [6.45, 7) is 12.5. The minimum Gasteiger partial charge on any atom is -0.458 e. The van der Waals surface area contributed by atoms with Crippen molar-refractivity contribution >= 4 is 17.6 Å². The van der Waals surface area contributed by atoms with Gasteiger partial charge in [0.25, 0.3) is 0 Å². The molecule has 0 amide bonds. The predicted octanol–water partition coefficient (Wildman–Crippen LogP) is 9.91. The lowest BCUT2D eigenvalue weighted by Gasteiger charge is -2.58. The van der Waals surface area contributed by atoms with E-state index < -0.39 is 0 Å². The van der Waals surface area contributed by atoms with Gasteiger partial charge in [-0.1, -0.05) is 77.1 Å². The smallest absolute Gasteiger partial charge is 0.338 e. The third-order valence-electron chi connectivity index (χ3n) is 11.6. The van der Waals surface area contributed by atoms with Crippen molar-refractivity contribution in [2.24, 2.45) is 46.3 Å². The molecule has 0 heterocycles. The number of allylic oxidation sites excluding steroid dienone is 1. The van der Waals surface area contributed by atoms with Crippen molar-refractivity contribution in [1.29, 1.82) is 0 Å². The number of ether oxygens (including phenoxy) is 1. The van der Waals surface area contributed by atoms with Crippen LogP contribution in [0.1, 0.15) is 116 Å². The molecule has 8 unspecified atom stereocenters. The Morgan fingerprint density at radius 1 is 1.00 bits per heavy atom. The van der Waals surface area contributed by atoms with Crippen LogP contribution in [-0.2, 0) is 4.74 Å². The van der Waals surface area contributed by atoms with Crippen molar-refractivity contribution < 1.29 is 9.53 Å². The van der Waals surface area contributed by atoms with Crippen LogP contribution < -0.4 is 0 Å². The van der Waals surface area contributed by atoms with Crippen LogP contribution in [0.3, 0.4) is 0 Å². The number of fused-ring (bicyclic) bond motifs is 5. The zero-order chi connectivity index (χ0) is 26.4. The van der Waals surface area contributed by atoms with E-state index in [0.29, 0.717) is 16.0 Å². The van der Waals surface area contributed by atoms with Crippen LogP contribution in [0.2, 0.25) is 5.02 Å². The van der Waals surface area contributed by atoms with Gasteiger partial charge in [0.05, 0.1) is 5.56 Å². The number of halogens is 1. The summed E-state index contributed by atoms with van der Waals surface area (Å²) in [6.07, 6.45) is 16.7. The molecule has 1 aromatic carbocycles. The van der Waals surface area contributed by atoms with Crippen LogP contribution >= 0.6 is 11.6 Å². The fourth-order valence-corrected chi connectivity index (χ4v) is 9.68. The molecule has 0 radical (unpaired) electrons. The molecular weight excluding hydrogens is 476 g/mol. The molecule has 0 spiro atoms. The average Bonchev–Trinajstić information content (AvgIpc) is 3.21. The van der Waals surface area contributed by atoms with E-state index in [1.165, 1.54) is 51.4 Å². The van der Waals surface area contributed by atoms with Gasteiger partial charge in [0, 0.05) is 11.4 Å². The first-order chi connectivity index (χ1) is 17.6. The second-order valence-corrected chi connectivity index (χ2v) is 14.5. The molecule has 3 saturated carbocycles. The maximum atomic E-state index is 12.8. The highest BCUT2D eigenvalue weighted by Gasteiger charge is 2.59. The highest BCUT2D eigenvalue weighted by atomic mass is 35.5. The summed E-state index contributed by atoms with van der Waals surface area (Å²) in [6, 6.07) is 7.05. The summed E-state index contributed by atoms with van der Waals surface area (Å²) < 4.78 is 6.00. The fraction of sp³-hybridized carbons (Fsp3) is 0.735. The molecule has 4 aliphatic carbocycles. The summed E-state index contributed by atoms with van der Waals surface area (Å²) in [5.74, 6) is 4.91. The molecule has 0 saturated heterocycles. The van der Waals surface area contributed by atoms with Crippen LogP contribution in [0.5, 0.6) is 0 Å². The first-order valence-electron chi connectivity index (χ1n) is 15.3. The highest BCUT2D eigenvalue weighted by Crippen LogP contribution is 2.67. The van der Waals surface area contributed by atoms with E-state index in [-0.39, 0.29) is 17.5 Å². The molecule has 1 aromatic rings. The van der Waals surface area contributed by atoms with Gasteiger partial charge in [-0.25, -0.2) is 4.79 Å². The van der Waals surface area contributed by atoms with Crippen LogP contribution in [-0.4, -0.2) is 12.1 Å². The Bertz CT molecular complexity index is 996. The predicted molar refractivity (Wildman–Crippen MR) is 154 cm³/mol. The summed E-state index contributed by atoms with van der Waals surface area (Å²) >= 11 is 5.99. The lowest BCUT2D eigenvalue weighted by molar-refractivity contribution is -0.0594. The molecule has 4 aliphatic rings. The lowest BCUT2D eigenvalue weighted by atomic mass is 9.47. The van der Waals surface area contributed by atoms with E-state index in [4.69, 9.17) is 16.3 Å². The van der Waals surface area contributed by atoms with E-state index >= 15 is 0 Å². The molecular formula is C34H49ClO2. The monoisotopic (exact) mass is 524 g/mol. The Hall–Kier alpha value is -1.28. The Morgan fingerprint density at radius 3 is 2.49 bits per heavy atom. The number of carbonyl (C=O) groups excluding carboxylic acids is 1. The number of benzene rings is 1. The van der Waals surface area contributed by atoms with Crippen LogP contribution in [0.4, 0.5) is 0 Å². The van der Waals surface area contributed by atoms with Crippen molar-refractivity contribution in [1.82, 2.24) is 0 Å². The summed E-state index contributed by atoms with van der Waals surface area (Å²) in [7, 11) is 0. The second-order valence-electron chi connectivity index (χ2n) is 14.1. The van der Waals surface area contributed by atoms with Gasteiger partial charge in [0.1, 0.15) is 6.10 Å². The number of carbonyl (C=O) groups is 1. The second kappa shape index (κ2) is 10.7. The molecule has 8 atom stereocenters. The average molecular weight is 525 g/mol. The molecule has 204 valence electrons. The SMILES string of the molecule is CC(C)CCCC(C)C1CCC2C3CC=C4CC(OC(=O)c5ccc(Cl)cc5)CCC4(C)C3CCC12C. The van der Waals surface area contributed by atoms with Gasteiger partial charge < -0.3 is 4.74 Å². The van der Waals surface area contributed by atoms with Crippen LogP contribution in [0, 0.1) is 46.3 Å². The Morgan fingerprint density at radius 2 is 1.76 bits per heavy atom. The molecule has 3 fully saturated rings. The molecule has 37 heavy (non-hydrogen) atoms. The molecule has 2 nitrogen and oxygen atoms in total. The van der Waals surface area contributed by atoms with Gasteiger partial charge in [-0.2, -0.15) is 0 Å². The molecule has 0 bridgehead atoms. The number of hydrogen-bond acceptors (Lipinski definition) is 2. The van der Waals surface area contributed by atoms with Crippen molar-refractivity contribution in [3.63, 3.8) is 0 Å². The minimum atomic E-state index is -0.215. The Kier molecular flexibility index (Phi) is 7.90. The van der Waals surface area contributed by atoms with Crippen molar-refractivity contribution in [3.8, 4) is 0 Å². The standard InChI is InChI=1S/C34H49ClO2/c1-22(2)7-6-8-23(3)29-15-16-30-28-14-11-25-21-27(37-32(36)24-9-12-26(35)13-10-24)17-19-33(25,4)31(28)18-20-34(29,30)5/h9-13,22-23,27-31H,6-8,14-21H2,1-5H3. The molecule has 3 heteroatoms. The Labute approximate surface area is 231 Å². The molecule has 0 N–H and O–H groups in total. The number of rotatable bonds is 7. The van der Waals surface area contributed by atoms with Gasteiger partial charge in [-0.05, 0) is 116 Å². The first-order valence-corrected chi connectivity index (χ1v) is 15.7. The van der Waals surface area contributed by atoms with E-state index in [1.807, 2.05) is 0 Å². The van der Waals surface area contributed by atoms with Gasteiger partial charge in [-0.3, -0.25) is 0 Å². The van der Waals surface area contributed by atoms with Crippen molar-refractivity contribution in [2.75, 3.05) is 0 Å². The molecule has 5 rings (SSSR count). The maximum Gasteiger partial charge on any atom is 0.338 e. The highest BCUT2D eigenvalue weighted by molar-refractivity contribution is 6.30. The summed E-state index contributed by atoms with van der Waals surface area (Å²) in [5.41, 5.74) is 2.99. The third-order valence-corrected chi connectivity index (χ3v) is 11.9. The first kappa shape index (κ1) is 27.3. The number of esters is 1. The van der Waals surface area contributed by atoms with E-state index in [2.05, 4.69) is 40.7 Å². The Balaban J connectivity index is 1.25. The molecule has 0 aromatic heterocycles. The summed E-state index contributed by atoms with van der Waals surface area (Å²) in [5, 5.41) is 0.643. The van der Waals surface area contributed by atoms with E-state index in [1.54, 1.807) is 29.8 Å². The third kappa shape index (κ3) is 5.18. The van der Waals surface area contributed by atoms with E-state index in [9.17, 15) is 4.79 Å². The fourth-order valence-electron chi connectivity index (χ4n) is 9.56. The van der Waals surface area contributed by atoms with Gasteiger partial charge in [0.2, 0.25) is 0 Å². The van der Waals surface area contributed by atoms with Crippen LogP contribution in [0.15, 0.2) is 35.9 Å². The van der Waals surface area contributed by atoms with Crippen molar-refractivity contribution in [3.05, 3.63) is 46.5 Å². The quantitative estimate of drug-likeness (QED) is 0.262. The lowest BCUT2D eigenvalue weighted by Crippen LogP contribution is -2.51. The van der Waals surface area contributed by atoms with Crippen molar-refractivity contribution in [2.45, 2.75) is 111 Å². The summed E-state index contributed by atoms with van der Waals surface area (Å²) in [4.78, 5) is 12.8. The van der Waals surface area contributed by atoms with Gasteiger partial charge in [-0.15, -0.1) is 0 Å². The zero-order valence-electron chi connectivity index (χ0n) is 23.9. The zero-order valence-corrected chi connectivity index (χ0v) is 24.7. The maximum absolute atomic E-state index is 12.8. The normalized spacial score (nSPS) is 37.8. The minimum absolute atomic E-state index is 0.00420. The topological polar surface area (TPSA) is 26.3 Å². The van der Waals surface area contributed by atoms with Crippen LogP contribution in [0.25, 0.3) is 0 Å². The number of hydrogen-bond donors (Lipinski definition) is 0. The van der Waals surface area contributed by atoms with E-state index in [0.717, 1.165) is 54.8 Å². The largest absolute Gasteiger partial charge is 0.458 e.